The van der Waals surface area contributed by atoms with Gasteiger partial charge in [-0.3, -0.25) is 4.79 Å². The zero-order valence-corrected chi connectivity index (χ0v) is 12.2. The molecule has 0 amide bonds. The Labute approximate surface area is 113 Å². The van der Waals surface area contributed by atoms with Crippen LogP contribution in [-0.2, 0) is 4.79 Å². The van der Waals surface area contributed by atoms with Gasteiger partial charge in [-0.1, -0.05) is 43.3 Å². The van der Waals surface area contributed by atoms with Crippen molar-refractivity contribution in [2.75, 3.05) is 6.26 Å². The Morgan fingerprint density at radius 2 is 2.12 bits per heavy atom. The van der Waals surface area contributed by atoms with Gasteiger partial charge in [-0.25, -0.2) is 0 Å². The van der Waals surface area contributed by atoms with Crippen LogP contribution in [0.15, 0.2) is 46.9 Å². The summed E-state index contributed by atoms with van der Waals surface area (Å²) in [6, 6.07) is 0. The molecule has 0 fully saturated rings. The molecule has 0 aromatic heterocycles. The number of halogens is 1. The monoisotopic (exact) mass is 270 g/mol. The van der Waals surface area contributed by atoms with Crippen molar-refractivity contribution in [1.29, 1.82) is 0 Å². The second-order valence-electron chi connectivity index (χ2n) is 3.90. The Morgan fingerprint density at radius 1 is 1.53 bits per heavy atom. The highest BCUT2D eigenvalue weighted by Gasteiger charge is 2.14. The largest absolute Gasteiger partial charge is 0.294 e. The van der Waals surface area contributed by atoms with Crippen LogP contribution < -0.4 is 0 Å². The first-order chi connectivity index (χ1) is 7.92. The summed E-state index contributed by atoms with van der Waals surface area (Å²) in [6.07, 6.45) is 5.85. The van der Waals surface area contributed by atoms with Crippen molar-refractivity contribution in [2.45, 2.75) is 20.3 Å². The first kappa shape index (κ1) is 16.3. The third-order valence-electron chi connectivity index (χ3n) is 2.24. The summed E-state index contributed by atoms with van der Waals surface area (Å²) in [6.45, 7) is 11.2. The number of hydrogen-bond donors (Lipinski definition) is 0. The SMILES string of the molecule is C=CC(Cl)=CC(=C)CC(C)C(=O)C(C)=CSC. The molecule has 0 aliphatic carbocycles. The van der Waals surface area contributed by atoms with E-state index < -0.39 is 0 Å². The van der Waals surface area contributed by atoms with Gasteiger partial charge in [0.25, 0.3) is 0 Å². The van der Waals surface area contributed by atoms with Crippen LogP contribution in [0, 0.1) is 5.92 Å². The predicted molar refractivity (Wildman–Crippen MR) is 79.3 cm³/mol. The van der Waals surface area contributed by atoms with E-state index >= 15 is 0 Å². The van der Waals surface area contributed by atoms with E-state index in [0.29, 0.717) is 11.5 Å². The molecule has 0 aliphatic rings. The van der Waals surface area contributed by atoms with E-state index in [2.05, 4.69) is 13.2 Å². The molecule has 0 rings (SSSR count). The molecule has 17 heavy (non-hydrogen) atoms. The molecule has 1 atom stereocenters. The maximum Gasteiger partial charge on any atom is 0.162 e. The van der Waals surface area contributed by atoms with E-state index in [-0.39, 0.29) is 11.7 Å². The highest BCUT2D eigenvalue weighted by molar-refractivity contribution is 8.01. The van der Waals surface area contributed by atoms with E-state index in [9.17, 15) is 4.79 Å². The summed E-state index contributed by atoms with van der Waals surface area (Å²) in [4.78, 5) is 11.9. The van der Waals surface area contributed by atoms with Crippen molar-refractivity contribution in [3.63, 3.8) is 0 Å². The van der Waals surface area contributed by atoms with Gasteiger partial charge in [-0.2, -0.15) is 0 Å². The molecule has 0 heterocycles. The minimum Gasteiger partial charge on any atom is -0.294 e. The lowest BCUT2D eigenvalue weighted by Crippen LogP contribution is -2.12. The normalized spacial score (nSPS) is 14.4. The van der Waals surface area contributed by atoms with Gasteiger partial charge >= 0.3 is 0 Å². The second kappa shape index (κ2) is 8.37. The Morgan fingerprint density at radius 3 is 2.59 bits per heavy atom. The topological polar surface area (TPSA) is 17.1 Å². The highest BCUT2D eigenvalue weighted by atomic mass is 35.5. The van der Waals surface area contributed by atoms with E-state index in [0.717, 1.165) is 11.1 Å². The summed E-state index contributed by atoms with van der Waals surface area (Å²) < 4.78 is 0. The van der Waals surface area contributed by atoms with Crippen LogP contribution in [0.2, 0.25) is 0 Å². The molecule has 1 nitrogen and oxygen atoms in total. The lowest BCUT2D eigenvalue weighted by molar-refractivity contribution is -0.118. The number of ketones is 1. The van der Waals surface area contributed by atoms with E-state index in [1.165, 1.54) is 11.8 Å². The van der Waals surface area contributed by atoms with Crippen molar-refractivity contribution >= 4 is 29.1 Å². The third kappa shape index (κ3) is 6.54. The van der Waals surface area contributed by atoms with Crippen LogP contribution in [0.5, 0.6) is 0 Å². The molecule has 3 heteroatoms. The molecule has 94 valence electrons. The average molecular weight is 271 g/mol. The number of carbonyl (C=O) groups excluding carboxylic acids is 1. The first-order valence-corrected chi connectivity index (χ1v) is 7.00. The van der Waals surface area contributed by atoms with E-state index in [1.54, 1.807) is 12.2 Å². The van der Waals surface area contributed by atoms with Crippen LogP contribution >= 0.6 is 23.4 Å². The highest BCUT2D eigenvalue weighted by Crippen LogP contribution is 2.19. The van der Waals surface area contributed by atoms with Crippen LogP contribution in [0.4, 0.5) is 0 Å². The standard InChI is InChI=1S/C14H19ClOS/c1-6-13(15)8-10(2)7-11(3)14(16)12(4)9-17-5/h6,8-9,11H,1-2,7H2,3-5H3. The number of hydrogen-bond acceptors (Lipinski definition) is 2. The van der Waals surface area contributed by atoms with Gasteiger partial charge in [-0.15, -0.1) is 11.8 Å². The molecule has 0 radical (unpaired) electrons. The van der Waals surface area contributed by atoms with Crippen molar-refractivity contribution in [1.82, 2.24) is 0 Å². The molecule has 0 aromatic rings. The van der Waals surface area contributed by atoms with Crippen molar-refractivity contribution < 1.29 is 4.79 Å². The fourth-order valence-corrected chi connectivity index (χ4v) is 2.05. The summed E-state index contributed by atoms with van der Waals surface area (Å²) >= 11 is 7.36. The van der Waals surface area contributed by atoms with Gasteiger partial charge in [0.1, 0.15) is 0 Å². The van der Waals surface area contributed by atoms with Crippen molar-refractivity contribution in [3.05, 3.63) is 46.9 Å². The summed E-state index contributed by atoms with van der Waals surface area (Å²) in [5.74, 6) is 0.0834. The molecule has 1 unspecified atom stereocenters. The number of carbonyl (C=O) groups is 1. The van der Waals surface area contributed by atoms with E-state index in [1.807, 2.05) is 25.5 Å². The van der Waals surface area contributed by atoms with Gasteiger partial charge in [-0.05, 0) is 36.7 Å². The molecule has 0 bridgehead atoms. The zero-order valence-electron chi connectivity index (χ0n) is 10.6. The molecule has 0 saturated carbocycles. The van der Waals surface area contributed by atoms with Gasteiger partial charge in [0.2, 0.25) is 0 Å². The van der Waals surface area contributed by atoms with E-state index in [4.69, 9.17) is 11.6 Å². The van der Waals surface area contributed by atoms with Gasteiger partial charge in [0, 0.05) is 11.0 Å². The number of allylic oxidation sites excluding steroid dienone is 5. The summed E-state index contributed by atoms with van der Waals surface area (Å²) in [5.41, 5.74) is 1.63. The minimum atomic E-state index is -0.0727. The molecule has 0 spiro atoms. The first-order valence-electron chi connectivity index (χ1n) is 5.33. The lowest BCUT2D eigenvalue weighted by atomic mass is 9.94. The Balaban J connectivity index is 4.50. The fraction of sp³-hybridized carbons (Fsp3) is 0.357. The zero-order chi connectivity index (χ0) is 13.4. The Kier molecular flexibility index (Phi) is 8.01. The molecular formula is C14H19ClOS. The van der Waals surface area contributed by atoms with Crippen molar-refractivity contribution in [3.8, 4) is 0 Å². The van der Waals surface area contributed by atoms with Crippen LogP contribution in [0.3, 0.4) is 0 Å². The maximum atomic E-state index is 11.9. The third-order valence-corrected chi connectivity index (χ3v) is 3.09. The van der Waals surface area contributed by atoms with Crippen molar-refractivity contribution in [2.24, 2.45) is 5.92 Å². The predicted octanol–water partition coefficient (Wildman–Crippen LogP) is 4.71. The lowest BCUT2D eigenvalue weighted by Gasteiger charge is -2.10. The summed E-state index contributed by atoms with van der Waals surface area (Å²) in [7, 11) is 0. The molecule has 0 aromatic carbocycles. The fourth-order valence-electron chi connectivity index (χ4n) is 1.42. The molecule has 0 N–H and O–H groups in total. The van der Waals surface area contributed by atoms with Crippen LogP contribution in [0.25, 0.3) is 0 Å². The van der Waals surface area contributed by atoms with Gasteiger partial charge < -0.3 is 0 Å². The molecule has 0 aliphatic heterocycles. The van der Waals surface area contributed by atoms with Crippen LogP contribution in [0.1, 0.15) is 20.3 Å². The Bertz CT molecular complexity index is 366. The molecular weight excluding hydrogens is 252 g/mol. The number of Topliss-reactive ketones (excluding diaryl/α,β-unsaturated/α-hetero) is 1. The number of thioether (sulfide) groups is 1. The average Bonchev–Trinajstić information content (AvgIpc) is 2.27. The second-order valence-corrected chi connectivity index (χ2v) is 5.04. The molecule has 0 saturated heterocycles. The van der Waals surface area contributed by atoms with Crippen LogP contribution in [-0.4, -0.2) is 12.0 Å². The number of rotatable bonds is 7. The quantitative estimate of drug-likeness (QED) is 0.492. The smallest absolute Gasteiger partial charge is 0.162 e. The Hall–Kier alpha value is -0.730. The maximum absolute atomic E-state index is 11.9. The minimum absolute atomic E-state index is 0.0727. The summed E-state index contributed by atoms with van der Waals surface area (Å²) in [5, 5.41) is 2.42. The van der Waals surface area contributed by atoms with Gasteiger partial charge in [0.15, 0.2) is 5.78 Å². The van der Waals surface area contributed by atoms with Gasteiger partial charge in [0.05, 0.1) is 0 Å².